The van der Waals surface area contributed by atoms with Crippen molar-refractivity contribution >= 4 is 34.9 Å². The van der Waals surface area contributed by atoms with E-state index in [4.69, 9.17) is 9.15 Å². The number of amides is 3. The van der Waals surface area contributed by atoms with E-state index < -0.39 is 11.1 Å². The molecular weight excluding hydrogens is 332 g/mol. The normalized spacial score (nSPS) is 22.6. The largest absolute Gasteiger partial charge is 0.462 e. The molecule has 3 rings (SSSR count). The monoisotopic (exact) mass is 350 g/mol. The maximum atomic E-state index is 12.3. The Hall–Kier alpha value is -2.06. The predicted octanol–water partition coefficient (Wildman–Crippen LogP) is 1.92. The molecule has 0 aliphatic carbocycles. The number of ether oxygens (including phenoxy) is 1. The topological polar surface area (TPSA) is 88.9 Å². The number of hydrogen-bond donors (Lipinski definition) is 1. The Balaban J connectivity index is 1.57. The van der Waals surface area contributed by atoms with E-state index in [0.29, 0.717) is 24.7 Å². The van der Waals surface area contributed by atoms with Gasteiger partial charge in [-0.15, -0.1) is 0 Å². The van der Waals surface area contributed by atoms with Crippen molar-refractivity contribution < 1.29 is 23.5 Å². The van der Waals surface area contributed by atoms with Crippen molar-refractivity contribution in [3.05, 3.63) is 28.6 Å². The number of hydrogen-bond acceptors (Lipinski definition) is 6. The van der Waals surface area contributed by atoms with Crippen LogP contribution in [-0.2, 0) is 14.3 Å². The molecule has 2 fully saturated rings. The lowest BCUT2D eigenvalue weighted by Crippen LogP contribution is -2.41. The van der Waals surface area contributed by atoms with Gasteiger partial charge in [0.1, 0.15) is 18.1 Å². The summed E-state index contributed by atoms with van der Waals surface area (Å²) in [6.07, 6.45) is 3.43. The summed E-state index contributed by atoms with van der Waals surface area (Å²) in [6, 6.07) is 3.49. The van der Waals surface area contributed by atoms with Crippen LogP contribution in [0.25, 0.3) is 6.08 Å². The first kappa shape index (κ1) is 16.8. The molecule has 1 aromatic rings. The number of thioether (sulfide) groups is 1. The molecule has 2 aliphatic heterocycles. The standard InChI is InChI=1S/C16H18N2O5S/c1-10-4-5-11(23-10)7-13-15(20)18(16(21)24-13)9-14(19)17-8-12-3-2-6-22-12/h4-5,7,12H,2-3,6,8-9H2,1H3,(H,17,19)/b13-7-/t12-/m1/s1. The fourth-order valence-electron chi connectivity index (χ4n) is 2.53. The van der Waals surface area contributed by atoms with Crippen LogP contribution in [0.3, 0.4) is 0 Å². The number of nitrogens with one attached hydrogen (secondary N) is 1. The first-order chi connectivity index (χ1) is 11.5. The summed E-state index contributed by atoms with van der Waals surface area (Å²) in [5.41, 5.74) is 0. The first-order valence-electron chi connectivity index (χ1n) is 7.73. The van der Waals surface area contributed by atoms with Crippen molar-refractivity contribution in [1.82, 2.24) is 10.2 Å². The molecule has 2 saturated heterocycles. The summed E-state index contributed by atoms with van der Waals surface area (Å²) < 4.78 is 10.8. The van der Waals surface area contributed by atoms with Gasteiger partial charge in [-0.05, 0) is 43.7 Å². The van der Waals surface area contributed by atoms with Gasteiger partial charge in [-0.2, -0.15) is 0 Å². The van der Waals surface area contributed by atoms with Gasteiger partial charge < -0.3 is 14.5 Å². The molecule has 1 atom stereocenters. The average molecular weight is 350 g/mol. The lowest BCUT2D eigenvalue weighted by molar-refractivity contribution is -0.129. The fraction of sp³-hybridized carbons (Fsp3) is 0.438. The van der Waals surface area contributed by atoms with E-state index in [0.717, 1.165) is 29.5 Å². The molecule has 0 aromatic carbocycles. The van der Waals surface area contributed by atoms with Crippen LogP contribution in [0.4, 0.5) is 4.79 Å². The van der Waals surface area contributed by atoms with E-state index >= 15 is 0 Å². The minimum atomic E-state index is -0.480. The Morgan fingerprint density at radius 3 is 2.96 bits per heavy atom. The zero-order chi connectivity index (χ0) is 17.1. The van der Waals surface area contributed by atoms with Crippen molar-refractivity contribution in [2.75, 3.05) is 19.7 Å². The molecular formula is C16H18N2O5S. The summed E-state index contributed by atoms with van der Waals surface area (Å²) in [5.74, 6) is 0.365. The fourth-order valence-corrected chi connectivity index (χ4v) is 3.35. The van der Waals surface area contributed by atoms with Crippen molar-refractivity contribution in [3.8, 4) is 0 Å². The second kappa shape index (κ2) is 7.23. The maximum Gasteiger partial charge on any atom is 0.294 e. The van der Waals surface area contributed by atoms with Crippen LogP contribution in [0.5, 0.6) is 0 Å². The van der Waals surface area contributed by atoms with Crippen LogP contribution < -0.4 is 5.32 Å². The Morgan fingerprint density at radius 2 is 2.29 bits per heavy atom. The third-order valence-electron chi connectivity index (χ3n) is 3.76. The number of imide groups is 1. The van der Waals surface area contributed by atoms with Crippen molar-refractivity contribution in [2.45, 2.75) is 25.9 Å². The summed E-state index contributed by atoms with van der Waals surface area (Å²) in [4.78, 5) is 37.4. The van der Waals surface area contributed by atoms with E-state index in [1.807, 2.05) is 0 Å². The molecule has 2 aliphatic rings. The van der Waals surface area contributed by atoms with Crippen LogP contribution in [0.15, 0.2) is 21.5 Å². The van der Waals surface area contributed by atoms with Crippen LogP contribution in [-0.4, -0.2) is 47.8 Å². The van der Waals surface area contributed by atoms with Gasteiger partial charge >= 0.3 is 0 Å². The Morgan fingerprint density at radius 1 is 1.46 bits per heavy atom. The van der Waals surface area contributed by atoms with E-state index in [2.05, 4.69) is 5.32 Å². The third-order valence-corrected chi connectivity index (χ3v) is 4.67. The number of furan rings is 1. The second-order valence-electron chi connectivity index (χ2n) is 5.66. The maximum absolute atomic E-state index is 12.3. The lowest BCUT2D eigenvalue weighted by Gasteiger charge is -2.14. The van der Waals surface area contributed by atoms with E-state index in [1.54, 1.807) is 19.1 Å². The molecule has 0 bridgehead atoms. The van der Waals surface area contributed by atoms with Gasteiger partial charge in [-0.1, -0.05) is 0 Å². The second-order valence-corrected chi connectivity index (χ2v) is 6.65. The van der Waals surface area contributed by atoms with Crippen LogP contribution in [0.1, 0.15) is 24.4 Å². The molecule has 3 amide bonds. The van der Waals surface area contributed by atoms with E-state index in [9.17, 15) is 14.4 Å². The summed E-state index contributed by atoms with van der Waals surface area (Å²) in [5, 5.41) is 2.25. The lowest BCUT2D eigenvalue weighted by atomic mass is 10.2. The predicted molar refractivity (Wildman–Crippen MR) is 88.1 cm³/mol. The third kappa shape index (κ3) is 3.88. The number of nitrogens with zero attached hydrogens (tertiary/aromatic N) is 1. The number of rotatable bonds is 5. The smallest absolute Gasteiger partial charge is 0.294 e. The molecule has 0 radical (unpaired) electrons. The van der Waals surface area contributed by atoms with Gasteiger partial charge in [-0.3, -0.25) is 19.3 Å². The highest BCUT2D eigenvalue weighted by atomic mass is 32.2. The van der Waals surface area contributed by atoms with Gasteiger partial charge in [0.05, 0.1) is 11.0 Å². The van der Waals surface area contributed by atoms with Crippen LogP contribution in [0, 0.1) is 6.92 Å². The zero-order valence-electron chi connectivity index (χ0n) is 13.2. The molecule has 128 valence electrons. The van der Waals surface area contributed by atoms with Crippen molar-refractivity contribution in [2.24, 2.45) is 0 Å². The Kier molecular flexibility index (Phi) is 5.06. The van der Waals surface area contributed by atoms with E-state index in [-0.39, 0.29) is 23.5 Å². The molecule has 1 aromatic heterocycles. The minimum absolute atomic E-state index is 0.0194. The Bertz CT molecular complexity index is 690. The highest BCUT2D eigenvalue weighted by Crippen LogP contribution is 2.32. The molecule has 0 unspecified atom stereocenters. The van der Waals surface area contributed by atoms with Gasteiger partial charge in [0.25, 0.3) is 11.1 Å². The van der Waals surface area contributed by atoms with Crippen molar-refractivity contribution in [3.63, 3.8) is 0 Å². The molecule has 0 spiro atoms. The molecule has 7 nitrogen and oxygen atoms in total. The molecule has 3 heterocycles. The highest BCUT2D eigenvalue weighted by Gasteiger charge is 2.36. The molecule has 24 heavy (non-hydrogen) atoms. The number of aryl methyl sites for hydroxylation is 1. The first-order valence-corrected chi connectivity index (χ1v) is 8.54. The highest BCUT2D eigenvalue weighted by molar-refractivity contribution is 8.18. The quantitative estimate of drug-likeness (QED) is 0.816. The average Bonchev–Trinajstić information content (AvgIpc) is 3.25. The molecule has 8 heteroatoms. The number of carbonyl (C=O) groups excluding carboxylic acids is 3. The van der Waals surface area contributed by atoms with Gasteiger partial charge in [0, 0.05) is 19.2 Å². The molecule has 1 N–H and O–H groups in total. The van der Waals surface area contributed by atoms with Crippen LogP contribution >= 0.6 is 11.8 Å². The van der Waals surface area contributed by atoms with Crippen molar-refractivity contribution in [1.29, 1.82) is 0 Å². The zero-order valence-corrected chi connectivity index (χ0v) is 14.1. The Labute approximate surface area is 143 Å². The van der Waals surface area contributed by atoms with E-state index in [1.165, 1.54) is 6.08 Å². The SMILES string of the molecule is Cc1ccc(/C=C2\SC(=O)N(CC(=O)NC[C@H]3CCCO3)C2=O)o1. The summed E-state index contributed by atoms with van der Waals surface area (Å²) in [6.45, 7) is 2.62. The minimum Gasteiger partial charge on any atom is -0.462 e. The number of carbonyl (C=O) groups is 3. The van der Waals surface area contributed by atoms with Gasteiger partial charge in [0.15, 0.2) is 0 Å². The van der Waals surface area contributed by atoms with Crippen LogP contribution in [0.2, 0.25) is 0 Å². The summed E-state index contributed by atoms with van der Waals surface area (Å²) in [7, 11) is 0. The van der Waals surface area contributed by atoms with Gasteiger partial charge in [0.2, 0.25) is 5.91 Å². The van der Waals surface area contributed by atoms with Gasteiger partial charge in [-0.25, -0.2) is 0 Å². The summed E-state index contributed by atoms with van der Waals surface area (Å²) >= 11 is 0.805. The molecule has 0 saturated carbocycles.